The molecule has 5 N–H and O–H groups in total. The van der Waals surface area contributed by atoms with Crippen LogP contribution in [0, 0.1) is 5.82 Å². The van der Waals surface area contributed by atoms with Crippen molar-refractivity contribution < 1.29 is 24.5 Å². The molecule has 0 bridgehead atoms. The van der Waals surface area contributed by atoms with E-state index in [0.717, 1.165) is 34.4 Å². The van der Waals surface area contributed by atoms with Gasteiger partial charge in [0.25, 0.3) is 11.5 Å². The van der Waals surface area contributed by atoms with Gasteiger partial charge in [-0.25, -0.2) is 9.37 Å². The number of benzene rings is 3. The number of hydrogen-bond acceptors (Lipinski definition) is 6. The highest BCUT2D eigenvalue weighted by molar-refractivity contribution is 5.99. The standard InChI is InChI=1S/C30H28FN5O5/c31-19-8-5-17(6-9-19)7-10-21-27(34-36(28(21)40)30-32-22-3-1-2-4-23(22)33-30)18-11-13-35(14-12-18)29(41)26-24(38)15-20(37)16-25(26)39/h1-6,8-9,15-16,18,34,37-39H,7,10-14H2,(H,32,33). The molecule has 0 atom stereocenters. The van der Waals surface area contributed by atoms with Crippen LogP contribution in [-0.2, 0) is 12.8 Å². The molecular weight excluding hydrogens is 529 g/mol. The van der Waals surface area contributed by atoms with Gasteiger partial charge >= 0.3 is 0 Å². The number of carbonyl (C=O) groups excluding carboxylic acids is 1. The zero-order chi connectivity index (χ0) is 28.7. The number of aromatic amines is 2. The van der Waals surface area contributed by atoms with Crippen molar-refractivity contribution in [3.8, 4) is 23.2 Å². The molecule has 210 valence electrons. The van der Waals surface area contributed by atoms with Gasteiger partial charge in [-0.15, -0.1) is 0 Å². The Labute approximate surface area is 233 Å². The number of nitrogens with zero attached hydrogens (tertiary/aromatic N) is 3. The van der Waals surface area contributed by atoms with E-state index in [2.05, 4.69) is 15.1 Å². The van der Waals surface area contributed by atoms with Gasteiger partial charge in [-0.05, 0) is 55.5 Å². The first-order chi connectivity index (χ1) is 19.8. The normalized spacial score (nSPS) is 14.1. The average molecular weight is 558 g/mol. The van der Waals surface area contributed by atoms with Gasteiger partial charge in [0, 0.05) is 42.4 Å². The summed E-state index contributed by atoms with van der Waals surface area (Å²) >= 11 is 0. The summed E-state index contributed by atoms with van der Waals surface area (Å²) in [6.07, 6.45) is 2.04. The SMILES string of the molecule is O=C(c1c(O)cc(O)cc1O)N1CCC(c2[nH]n(-c3nc4ccccc4[nH]3)c(=O)c2CCc2ccc(F)cc2)CC1. The second kappa shape index (κ2) is 10.5. The third kappa shape index (κ3) is 5.02. The van der Waals surface area contributed by atoms with Crippen LogP contribution in [0.4, 0.5) is 4.39 Å². The summed E-state index contributed by atoms with van der Waals surface area (Å²) in [5.74, 6) is -1.89. The van der Waals surface area contributed by atoms with E-state index in [1.807, 2.05) is 24.3 Å². The van der Waals surface area contributed by atoms with E-state index in [9.17, 15) is 29.3 Å². The maximum absolute atomic E-state index is 13.7. The number of hydrogen-bond donors (Lipinski definition) is 5. The Morgan fingerprint density at radius 3 is 2.34 bits per heavy atom. The molecule has 1 amide bonds. The quantitative estimate of drug-likeness (QED) is 0.212. The van der Waals surface area contributed by atoms with Gasteiger partial charge in [0.05, 0.1) is 11.0 Å². The van der Waals surface area contributed by atoms with Crippen LogP contribution >= 0.6 is 0 Å². The van der Waals surface area contributed by atoms with E-state index in [4.69, 9.17) is 0 Å². The van der Waals surface area contributed by atoms with Crippen LogP contribution < -0.4 is 5.56 Å². The molecule has 3 aromatic carbocycles. The third-order valence-corrected chi connectivity index (χ3v) is 7.67. The maximum atomic E-state index is 13.7. The number of amides is 1. The minimum Gasteiger partial charge on any atom is -0.508 e. The smallest absolute Gasteiger partial charge is 0.277 e. The molecular formula is C30H28FN5O5. The van der Waals surface area contributed by atoms with Crippen molar-refractivity contribution >= 4 is 16.9 Å². The minimum absolute atomic E-state index is 0.0670. The molecule has 1 saturated heterocycles. The van der Waals surface area contributed by atoms with Gasteiger partial charge in [0.15, 0.2) is 0 Å². The summed E-state index contributed by atoms with van der Waals surface area (Å²) < 4.78 is 14.8. The first kappa shape index (κ1) is 26.2. The van der Waals surface area contributed by atoms with Crippen LogP contribution in [0.1, 0.15) is 45.9 Å². The minimum atomic E-state index is -0.539. The molecule has 6 rings (SSSR count). The van der Waals surface area contributed by atoms with Crippen molar-refractivity contribution in [2.45, 2.75) is 31.6 Å². The predicted molar refractivity (Wildman–Crippen MR) is 149 cm³/mol. The molecule has 0 unspecified atom stereocenters. The molecule has 41 heavy (non-hydrogen) atoms. The lowest BCUT2D eigenvalue weighted by Gasteiger charge is -2.32. The molecule has 1 aliphatic heterocycles. The largest absolute Gasteiger partial charge is 0.508 e. The molecule has 2 aromatic heterocycles. The van der Waals surface area contributed by atoms with E-state index in [1.54, 1.807) is 12.1 Å². The second-order valence-corrected chi connectivity index (χ2v) is 10.3. The Morgan fingerprint density at radius 1 is 0.976 bits per heavy atom. The third-order valence-electron chi connectivity index (χ3n) is 7.67. The molecule has 10 nitrogen and oxygen atoms in total. The lowest BCUT2D eigenvalue weighted by molar-refractivity contribution is 0.0705. The molecule has 0 spiro atoms. The van der Waals surface area contributed by atoms with Crippen LogP contribution in [0.3, 0.4) is 0 Å². The van der Waals surface area contributed by atoms with E-state index in [0.29, 0.717) is 50.3 Å². The van der Waals surface area contributed by atoms with Crippen molar-refractivity contribution in [1.82, 2.24) is 24.6 Å². The predicted octanol–water partition coefficient (Wildman–Crippen LogP) is 4.10. The fourth-order valence-corrected chi connectivity index (χ4v) is 5.53. The molecule has 0 aliphatic carbocycles. The highest BCUT2D eigenvalue weighted by Gasteiger charge is 2.31. The number of H-pyrrole nitrogens is 2. The number of fused-ring (bicyclic) bond motifs is 1. The number of halogens is 1. The number of nitrogens with one attached hydrogen (secondary N) is 2. The van der Waals surface area contributed by atoms with Crippen molar-refractivity contribution in [3.05, 3.63) is 99.2 Å². The topological polar surface area (TPSA) is 147 Å². The van der Waals surface area contributed by atoms with E-state index in [-0.39, 0.29) is 28.6 Å². The first-order valence-electron chi connectivity index (χ1n) is 13.4. The highest BCUT2D eigenvalue weighted by atomic mass is 19.1. The van der Waals surface area contributed by atoms with Crippen molar-refractivity contribution in [3.63, 3.8) is 0 Å². The summed E-state index contributed by atoms with van der Waals surface area (Å²) in [4.78, 5) is 36.1. The van der Waals surface area contributed by atoms with Gasteiger partial charge < -0.3 is 25.2 Å². The van der Waals surface area contributed by atoms with Crippen LogP contribution in [0.2, 0.25) is 0 Å². The monoisotopic (exact) mass is 557 g/mol. The summed E-state index contributed by atoms with van der Waals surface area (Å²) in [6.45, 7) is 0.664. The van der Waals surface area contributed by atoms with Gasteiger partial charge in [-0.2, -0.15) is 4.68 Å². The number of aromatic hydroxyl groups is 3. The van der Waals surface area contributed by atoms with Crippen LogP contribution in [0.15, 0.2) is 65.5 Å². The summed E-state index contributed by atoms with van der Waals surface area (Å²) in [6, 6.07) is 15.7. The number of carbonyl (C=O) groups is 1. The van der Waals surface area contributed by atoms with Gasteiger partial charge in [0.1, 0.15) is 28.6 Å². The number of para-hydroxylation sites is 2. The van der Waals surface area contributed by atoms with Crippen LogP contribution in [-0.4, -0.2) is 59.0 Å². The molecule has 0 saturated carbocycles. The summed E-state index contributed by atoms with van der Waals surface area (Å²) in [5.41, 5.74) is 3.32. The van der Waals surface area contributed by atoms with Gasteiger partial charge in [-0.1, -0.05) is 24.3 Å². The zero-order valence-electron chi connectivity index (χ0n) is 22.0. The molecule has 1 fully saturated rings. The van der Waals surface area contributed by atoms with E-state index >= 15 is 0 Å². The maximum Gasteiger partial charge on any atom is 0.277 e. The molecule has 11 heteroatoms. The first-order valence-corrected chi connectivity index (χ1v) is 13.4. The zero-order valence-corrected chi connectivity index (χ0v) is 22.0. The fraction of sp³-hybridized carbons (Fsp3) is 0.233. The number of phenols is 3. The fourth-order valence-electron chi connectivity index (χ4n) is 5.53. The number of piperidine rings is 1. The Balaban J connectivity index is 1.28. The lowest BCUT2D eigenvalue weighted by atomic mass is 9.89. The van der Waals surface area contributed by atoms with Crippen molar-refractivity contribution in [2.75, 3.05) is 13.1 Å². The molecule has 3 heterocycles. The number of phenolic OH excluding ortho intramolecular Hbond substituents is 3. The van der Waals surface area contributed by atoms with E-state index in [1.165, 1.54) is 21.7 Å². The van der Waals surface area contributed by atoms with Crippen LogP contribution in [0.5, 0.6) is 17.2 Å². The number of likely N-dealkylation sites (tertiary alicyclic amines) is 1. The van der Waals surface area contributed by atoms with Crippen molar-refractivity contribution in [2.24, 2.45) is 0 Å². The Bertz CT molecular complexity index is 1740. The van der Waals surface area contributed by atoms with E-state index < -0.39 is 17.4 Å². The number of rotatable bonds is 6. The van der Waals surface area contributed by atoms with Crippen LogP contribution in [0.25, 0.3) is 17.0 Å². The lowest BCUT2D eigenvalue weighted by Crippen LogP contribution is -2.38. The molecule has 1 aliphatic rings. The van der Waals surface area contributed by atoms with Crippen molar-refractivity contribution in [1.29, 1.82) is 0 Å². The molecule has 0 radical (unpaired) electrons. The van der Waals surface area contributed by atoms with Gasteiger partial charge in [-0.3, -0.25) is 14.7 Å². The summed E-state index contributed by atoms with van der Waals surface area (Å²) in [5, 5.41) is 33.2. The molecule has 5 aromatic rings. The average Bonchev–Trinajstić information content (AvgIpc) is 3.53. The Kier molecular flexibility index (Phi) is 6.70. The Hall–Kier alpha value is -5.06. The Morgan fingerprint density at radius 2 is 1.66 bits per heavy atom. The summed E-state index contributed by atoms with van der Waals surface area (Å²) in [7, 11) is 0. The highest BCUT2D eigenvalue weighted by Crippen LogP contribution is 2.35. The van der Waals surface area contributed by atoms with Gasteiger partial charge in [0.2, 0.25) is 5.95 Å². The number of imidazole rings is 1. The number of aromatic nitrogens is 4. The number of aryl methyl sites for hydroxylation is 1. The second-order valence-electron chi connectivity index (χ2n) is 10.3.